The zero-order valence-corrected chi connectivity index (χ0v) is 46.2. The Morgan fingerprint density at radius 2 is 0.549 bits per heavy atom. The maximum atomic E-state index is 12.9. The Morgan fingerprint density at radius 1 is 0.296 bits per heavy atom. The summed E-state index contributed by atoms with van der Waals surface area (Å²) in [5, 5.41) is 0. The molecular formula is C65H108O6. The van der Waals surface area contributed by atoms with Crippen molar-refractivity contribution in [1.29, 1.82) is 0 Å². The fourth-order valence-corrected chi connectivity index (χ4v) is 7.82. The molecule has 0 radical (unpaired) electrons. The topological polar surface area (TPSA) is 78.9 Å². The van der Waals surface area contributed by atoms with Crippen LogP contribution in [0, 0.1) is 0 Å². The fourth-order valence-electron chi connectivity index (χ4n) is 7.82. The van der Waals surface area contributed by atoms with E-state index in [1.807, 2.05) is 0 Å². The highest BCUT2D eigenvalue weighted by atomic mass is 16.6. The Bertz CT molecular complexity index is 1460. The first-order valence-electron chi connectivity index (χ1n) is 29.4. The van der Waals surface area contributed by atoms with Crippen LogP contribution in [0.1, 0.15) is 265 Å². The third kappa shape index (κ3) is 56.9. The molecule has 0 rings (SSSR count). The molecule has 0 heterocycles. The van der Waals surface area contributed by atoms with Crippen molar-refractivity contribution in [3.63, 3.8) is 0 Å². The molecule has 6 heteroatoms. The number of unbranched alkanes of at least 4 members (excludes halogenated alkanes) is 23. The van der Waals surface area contributed by atoms with Crippen molar-refractivity contribution in [3.05, 3.63) is 109 Å². The molecule has 0 saturated heterocycles. The van der Waals surface area contributed by atoms with Crippen molar-refractivity contribution in [3.8, 4) is 0 Å². The van der Waals surface area contributed by atoms with Gasteiger partial charge in [0.15, 0.2) is 6.10 Å². The van der Waals surface area contributed by atoms with Gasteiger partial charge in [-0.2, -0.15) is 0 Å². The molecule has 71 heavy (non-hydrogen) atoms. The van der Waals surface area contributed by atoms with Crippen molar-refractivity contribution in [2.75, 3.05) is 13.2 Å². The average Bonchev–Trinajstić information content (AvgIpc) is 3.37. The normalized spacial score (nSPS) is 12.9. The van der Waals surface area contributed by atoms with Crippen LogP contribution >= 0.6 is 0 Å². The van der Waals surface area contributed by atoms with E-state index in [1.54, 1.807) is 0 Å². The van der Waals surface area contributed by atoms with E-state index < -0.39 is 6.10 Å². The second-order valence-corrected chi connectivity index (χ2v) is 19.2. The Hall–Kier alpha value is -3.93. The van der Waals surface area contributed by atoms with Gasteiger partial charge in [-0.15, -0.1) is 0 Å². The monoisotopic (exact) mass is 985 g/mol. The summed E-state index contributed by atoms with van der Waals surface area (Å²) in [5.74, 6) is -0.964. The molecule has 404 valence electrons. The molecule has 0 N–H and O–H groups in total. The zero-order chi connectivity index (χ0) is 51.4. The molecule has 6 nitrogen and oxygen atoms in total. The largest absolute Gasteiger partial charge is 0.462 e. The molecule has 0 bridgehead atoms. The van der Waals surface area contributed by atoms with Crippen LogP contribution < -0.4 is 0 Å². The molecule has 0 aliphatic carbocycles. The summed E-state index contributed by atoms with van der Waals surface area (Å²) in [6.45, 7) is 6.44. The summed E-state index contributed by atoms with van der Waals surface area (Å²) in [5.41, 5.74) is 0. The molecule has 0 aromatic rings. The van der Waals surface area contributed by atoms with E-state index in [4.69, 9.17) is 14.2 Å². The number of hydrogen-bond donors (Lipinski definition) is 0. The van der Waals surface area contributed by atoms with Crippen molar-refractivity contribution in [2.45, 2.75) is 271 Å². The summed E-state index contributed by atoms with van der Waals surface area (Å²) in [7, 11) is 0. The van der Waals surface area contributed by atoms with Gasteiger partial charge in [-0.05, 0) is 128 Å². The number of rotatable bonds is 52. The van der Waals surface area contributed by atoms with E-state index in [2.05, 4.69) is 130 Å². The molecule has 0 saturated carbocycles. The minimum atomic E-state index is -0.808. The maximum absolute atomic E-state index is 12.9. The van der Waals surface area contributed by atoms with Crippen LogP contribution in [-0.4, -0.2) is 37.2 Å². The molecular weight excluding hydrogens is 877 g/mol. The SMILES string of the molecule is CC/C=C\C/C=C\C/C=C\C/C=C\CCCCC(=O)OCC(COC(=O)CCCCCCCC/C=C\C/C=C\C/C=C\CCCCCCC)OC(=O)CCCCCCCCC/C=C\C/C=C\CCCCC. The quantitative estimate of drug-likeness (QED) is 0.0261. The predicted octanol–water partition coefficient (Wildman–Crippen LogP) is 19.9. The molecule has 1 unspecified atom stereocenters. The molecule has 1 atom stereocenters. The first-order valence-corrected chi connectivity index (χ1v) is 29.4. The second-order valence-electron chi connectivity index (χ2n) is 19.2. The highest BCUT2D eigenvalue weighted by Crippen LogP contribution is 2.14. The maximum Gasteiger partial charge on any atom is 0.306 e. The Morgan fingerprint density at radius 3 is 0.915 bits per heavy atom. The highest BCUT2D eigenvalue weighted by Gasteiger charge is 2.19. The van der Waals surface area contributed by atoms with Crippen molar-refractivity contribution in [1.82, 2.24) is 0 Å². The van der Waals surface area contributed by atoms with E-state index in [-0.39, 0.29) is 31.1 Å². The van der Waals surface area contributed by atoms with Gasteiger partial charge >= 0.3 is 17.9 Å². The second kappa shape index (κ2) is 58.6. The van der Waals surface area contributed by atoms with Crippen LogP contribution in [0.15, 0.2) is 109 Å². The summed E-state index contributed by atoms with van der Waals surface area (Å²) < 4.78 is 16.8. The van der Waals surface area contributed by atoms with Crippen LogP contribution in [0.4, 0.5) is 0 Å². The number of allylic oxidation sites excluding steroid dienone is 18. The van der Waals surface area contributed by atoms with Gasteiger partial charge in [0, 0.05) is 19.3 Å². The molecule has 0 aromatic carbocycles. The molecule has 0 fully saturated rings. The van der Waals surface area contributed by atoms with Crippen molar-refractivity contribution < 1.29 is 28.6 Å². The van der Waals surface area contributed by atoms with E-state index in [1.165, 1.54) is 103 Å². The first kappa shape index (κ1) is 67.1. The van der Waals surface area contributed by atoms with Gasteiger partial charge < -0.3 is 14.2 Å². The summed E-state index contributed by atoms with van der Waals surface area (Å²) in [4.78, 5) is 38.2. The van der Waals surface area contributed by atoms with Crippen LogP contribution in [0.25, 0.3) is 0 Å². The van der Waals surface area contributed by atoms with E-state index in [9.17, 15) is 14.4 Å². The van der Waals surface area contributed by atoms with Crippen LogP contribution in [0.5, 0.6) is 0 Å². The van der Waals surface area contributed by atoms with Gasteiger partial charge in [-0.25, -0.2) is 0 Å². The Kier molecular flexibility index (Phi) is 55.4. The minimum absolute atomic E-state index is 0.103. The van der Waals surface area contributed by atoms with Crippen molar-refractivity contribution >= 4 is 17.9 Å². The third-order valence-electron chi connectivity index (χ3n) is 12.2. The molecule has 0 amide bonds. The number of esters is 3. The molecule has 0 spiro atoms. The average molecular weight is 986 g/mol. The van der Waals surface area contributed by atoms with Gasteiger partial charge in [0.1, 0.15) is 13.2 Å². The molecule has 0 aliphatic heterocycles. The van der Waals surface area contributed by atoms with Gasteiger partial charge in [-0.3, -0.25) is 14.4 Å². The summed E-state index contributed by atoms with van der Waals surface area (Å²) in [6, 6.07) is 0. The fraction of sp³-hybridized carbons (Fsp3) is 0.677. The number of carbonyl (C=O) groups excluding carboxylic acids is 3. The minimum Gasteiger partial charge on any atom is -0.462 e. The summed E-state index contributed by atoms with van der Waals surface area (Å²) in [6.07, 6.45) is 79.3. The van der Waals surface area contributed by atoms with Gasteiger partial charge in [0.25, 0.3) is 0 Å². The van der Waals surface area contributed by atoms with Crippen LogP contribution in [0.3, 0.4) is 0 Å². The number of carbonyl (C=O) groups is 3. The zero-order valence-electron chi connectivity index (χ0n) is 46.2. The standard InChI is InChI=1S/C65H108O6/c1-4-7-10-13-16-19-22-25-28-30-31-32-33-35-37-40-43-46-49-52-55-58-64(67)70-61-62(60-69-63(66)57-54-51-48-45-42-39-36-27-24-21-18-15-12-9-6-3)71-65(68)59-56-53-50-47-44-41-38-34-29-26-23-20-17-14-11-8-5-2/h9,12,17-18,20-22,25-27,29-31,33,35-36,42,45,62H,4-8,10-11,13-16,19,23-24,28,32,34,37-41,43-44,46-61H2,1-3H3/b12-9-,20-17-,21-18-,25-22-,29-26-,31-30-,35-33-,36-27-,45-42-. The smallest absolute Gasteiger partial charge is 0.306 e. The lowest BCUT2D eigenvalue weighted by atomic mass is 10.1. The Labute approximate surface area is 438 Å². The van der Waals surface area contributed by atoms with Crippen LogP contribution in [0.2, 0.25) is 0 Å². The van der Waals surface area contributed by atoms with E-state index in [0.717, 1.165) is 122 Å². The lowest BCUT2D eigenvalue weighted by Crippen LogP contribution is -2.30. The first-order chi connectivity index (χ1) is 35.0. The van der Waals surface area contributed by atoms with Gasteiger partial charge in [-0.1, -0.05) is 226 Å². The lowest BCUT2D eigenvalue weighted by Gasteiger charge is -2.18. The number of hydrogen-bond acceptors (Lipinski definition) is 6. The van der Waals surface area contributed by atoms with E-state index in [0.29, 0.717) is 19.3 Å². The van der Waals surface area contributed by atoms with Crippen molar-refractivity contribution in [2.24, 2.45) is 0 Å². The van der Waals surface area contributed by atoms with E-state index >= 15 is 0 Å². The van der Waals surface area contributed by atoms with Gasteiger partial charge in [0.05, 0.1) is 0 Å². The molecule has 0 aliphatic rings. The van der Waals surface area contributed by atoms with Crippen LogP contribution in [-0.2, 0) is 28.6 Å². The Balaban J connectivity index is 4.47. The summed E-state index contributed by atoms with van der Waals surface area (Å²) >= 11 is 0. The molecule has 0 aromatic heterocycles. The lowest BCUT2D eigenvalue weighted by molar-refractivity contribution is -0.167. The number of ether oxygens (including phenoxy) is 3. The highest BCUT2D eigenvalue weighted by molar-refractivity contribution is 5.71. The third-order valence-corrected chi connectivity index (χ3v) is 12.2. The predicted molar refractivity (Wildman–Crippen MR) is 307 cm³/mol. The van der Waals surface area contributed by atoms with Gasteiger partial charge in [0.2, 0.25) is 0 Å².